The van der Waals surface area contributed by atoms with E-state index in [0.717, 1.165) is 25.7 Å². The maximum Gasteiger partial charge on any atom is 0.270 e. The highest BCUT2D eigenvalue weighted by Crippen LogP contribution is 2.18. The maximum atomic E-state index is 12.9. The number of rotatable bonds is 4. The molecule has 1 aromatic carbocycles. The minimum absolute atomic E-state index is 0.191. The van der Waals surface area contributed by atoms with Crippen LogP contribution in [0.3, 0.4) is 0 Å². The molecule has 1 heterocycles. The van der Waals surface area contributed by atoms with Gasteiger partial charge in [-0.2, -0.15) is 0 Å². The molecule has 3 rings (SSSR count). The fraction of sp³-hybridized carbons (Fsp3) is 0.278. The first kappa shape index (κ1) is 16.1. The van der Waals surface area contributed by atoms with Crippen molar-refractivity contribution >= 4 is 17.5 Å². The van der Waals surface area contributed by atoms with E-state index in [1.54, 1.807) is 0 Å². The van der Waals surface area contributed by atoms with Gasteiger partial charge >= 0.3 is 0 Å². The Morgan fingerprint density at radius 1 is 1.04 bits per heavy atom. The lowest BCUT2D eigenvalue weighted by Crippen LogP contribution is -2.33. The van der Waals surface area contributed by atoms with E-state index in [9.17, 15) is 14.0 Å². The van der Waals surface area contributed by atoms with Crippen molar-refractivity contribution in [3.63, 3.8) is 0 Å². The van der Waals surface area contributed by atoms with Crippen LogP contribution in [-0.4, -0.2) is 22.8 Å². The lowest BCUT2D eigenvalue weighted by atomic mass is 10.2. The largest absolute Gasteiger partial charge is 0.348 e. The summed E-state index contributed by atoms with van der Waals surface area (Å²) in [4.78, 5) is 28.5. The second-order valence-corrected chi connectivity index (χ2v) is 5.85. The summed E-state index contributed by atoms with van der Waals surface area (Å²) in [6, 6.07) is 8.67. The molecule has 2 amide bonds. The first-order chi connectivity index (χ1) is 11.6. The zero-order chi connectivity index (χ0) is 16.9. The lowest BCUT2D eigenvalue weighted by Gasteiger charge is -2.12. The molecule has 0 atom stereocenters. The van der Waals surface area contributed by atoms with E-state index >= 15 is 0 Å². The smallest absolute Gasteiger partial charge is 0.270 e. The van der Waals surface area contributed by atoms with Crippen LogP contribution in [0.1, 0.15) is 46.5 Å². The van der Waals surface area contributed by atoms with E-state index in [2.05, 4.69) is 15.6 Å². The van der Waals surface area contributed by atoms with Gasteiger partial charge in [-0.25, -0.2) is 4.39 Å². The quantitative estimate of drug-likeness (QED) is 0.906. The van der Waals surface area contributed by atoms with Crippen LogP contribution >= 0.6 is 0 Å². The van der Waals surface area contributed by atoms with E-state index in [4.69, 9.17) is 0 Å². The Morgan fingerprint density at radius 3 is 2.46 bits per heavy atom. The number of aromatic nitrogens is 1. The Balaban J connectivity index is 1.68. The van der Waals surface area contributed by atoms with E-state index in [0.29, 0.717) is 11.3 Å². The molecule has 124 valence electrons. The number of amides is 2. The van der Waals surface area contributed by atoms with Crippen molar-refractivity contribution in [2.24, 2.45) is 0 Å². The predicted molar refractivity (Wildman–Crippen MR) is 88.3 cm³/mol. The molecular formula is C18H18FN3O2. The number of hydrogen-bond donors (Lipinski definition) is 2. The average molecular weight is 327 g/mol. The first-order valence-corrected chi connectivity index (χ1v) is 7.95. The van der Waals surface area contributed by atoms with Gasteiger partial charge in [0.15, 0.2) is 0 Å². The Hall–Kier alpha value is -2.76. The van der Waals surface area contributed by atoms with E-state index < -0.39 is 0 Å². The third kappa shape index (κ3) is 3.95. The van der Waals surface area contributed by atoms with Crippen molar-refractivity contribution in [1.82, 2.24) is 10.3 Å². The molecular weight excluding hydrogens is 309 g/mol. The van der Waals surface area contributed by atoms with Gasteiger partial charge in [0, 0.05) is 23.5 Å². The molecule has 5 nitrogen and oxygen atoms in total. The van der Waals surface area contributed by atoms with Crippen LogP contribution in [0, 0.1) is 5.82 Å². The highest BCUT2D eigenvalue weighted by Gasteiger charge is 2.19. The fourth-order valence-electron chi connectivity index (χ4n) is 2.76. The van der Waals surface area contributed by atoms with E-state index in [1.807, 2.05) is 0 Å². The molecule has 1 saturated carbocycles. The van der Waals surface area contributed by atoms with Crippen molar-refractivity contribution in [3.05, 3.63) is 59.7 Å². The fourth-order valence-corrected chi connectivity index (χ4v) is 2.76. The molecule has 1 fully saturated rings. The van der Waals surface area contributed by atoms with Crippen LogP contribution in [0.2, 0.25) is 0 Å². The molecule has 0 radical (unpaired) electrons. The second kappa shape index (κ2) is 7.21. The highest BCUT2D eigenvalue weighted by molar-refractivity contribution is 6.05. The van der Waals surface area contributed by atoms with Gasteiger partial charge in [-0.15, -0.1) is 0 Å². The van der Waals surface area contributed by atoms with Gasteiger partial charge in [0.2, 0.25) is 0 Å². The Morgan fingerprint density at radius 2 is 1.75 bits per heavy atom. The zero-order valence-corrected chi connectivity index (χ0v) is 13.1. The molecule has 6 heteroatoms. The molecule has 0 saturated heterocycles. The summed E-state index contributed by atoms with van der Waals surface area (Å²) in [6.07, 6.45) is 5.65. The summed E-state index contributed by atoms with van der Waals surface area (Å²) < 4.78 is 12.9. The average Bonchev–Trinajstić information content (AvgIpc) is 3.10. The third-order valence-corrected chi connectivity index (χ3v) is 4.05. The Bertz CT molecular complexity index is 740. The second-order valence-electron chi connectivity index (χ2n) is 5.85. The topological polar surface area (TPSA) is 71.1 Å². The van der Waals surface area contributed by atoms with Gasteiger partial charge in [0.05, 0.1) is 0 Å². The number of halogens is 1. The minimum Gasteiger partial charge on any atom is -0.348 e. The number of hydrogen-bond acceptors (Lipinski definition) is 3. The third-order valence-electron chi connectivity index (χ3n) is 4.05. The van der Waals surface area contributed by atoms with Crippen LogP contribution in [0.15, 0.2) is 42.6 Å². The van der Waals surface area contributed by atoms with Gasteiger partial charge in [-0.05, 0) is 49.2 Å². The standard InChI is InChI=1S/C18H18FN3O2/c19-13-5-7-15(8-6-13)21-17(23)12-9-10-20-16(11-12)18(24)22-14-3-1-2-4-14/h5-11,14H,1-4H2,(H,21,23)(H,22,24). The Kier molecular flexibility index (Phi) is 4.84. The van der Waals surface area contributed by atoms with Gasteiger partial charge in [-0.3, -0.25) is 14.6 Å². The molecule has 0 spiro atoms. The van der Waals surface area contributed by atoms with Crippen LogP contribution in [0.4, 0.5) is 10.1 Å². The number of nitrogens with zero attached hydrogens (tertiary/aromatic N) is 1. The number of nitrogens with one attached hydrogen (secondary N) is 2. The zero-order valence-electron chi connectivity index (χ0n) is 13.1. The molecule has 2 aromatic rings. The van der Waals surface area contributed by atoms with Crippen molar-refractivity contribution in [2.45, 2.75) is 31.7 Å². The van der Waals surface area contributed by atoms with Crippen LogP contribution in [0.25, 0.3) is 0 Å². The monoisotopic (exact) mass is 327 g/mol. The molecule has 1 aliphatic carbocycles. The van der Waals surface area contributed by atoms with E-state index in [-0.39, 0.29) is 29.4 Å². The van der Waals surface area contributed by atoms with Crippen LogP contribution in [0.5, 0.6) is 0 Å². The van der Waals surface area contributed by atoms with Gasteiger partial charge in [0.1, 0.15) is 11.5 Å². The minimum atomic E-state index is -0.376. The van der Waals surface area contributed by atoms with Gasteiger partial charge in [0.25, 0.3) is 11.8 Å². The molecule has 24 heavy (non-hydrogen) atoms. The molecule has 2 N–H and O–H groups in total. The summed E-state index contributed by atoms with van der Waals surface area (Å²) in [5.74, 6) is -1.01. The SMILES string of the molecule is O=C(Nc1ccc(F)cc1)c1ccnc(C(=O)NC2CCCC2)c1. The van der Waals surface area contributed by atoms with Gasteiger partial charge < -0.3 is 10.6 Å². The van der Waals surface area contributed by atoms with Crippen LogP contribution in [-0.2, 0) is 0 Å². The van der Waals surface area contributed by atoms with Crippen molar-refractivity contribution in [1.29, 1.82) is 0 Å². The molecule has 1 aliphatic rings. The summed E-state index contributed by atoms with van der Waals surface area (Å²) in [6.45, 7) is 0. The van der Waals surface area contributed by atoms with Crippen molar-refractivity contribution < 1.29 is 14.0 Å². The van der Waals surface area contributed by atoms with Crippen molar-refractivity contribution in [3.8, 4) is 0 Å². The van der Waals surface area contributed by atoms with Crippen molar-refractivity contribution in [2.75, 3.05) is 5.32 Å². The van der Waals surface area contributed by atoms with Crippen LogP contribution < -0.4 is 10.6 Å². The summed E-state index contributed by atoms with van der Waals surface area (Å²) in [7, 11) is 0. The molecule has 0 bridgehead atoms. The van der Waals surface area contributed by atoms with Gasteiger partial charge in [-0.1, -0.05) is 12.8 Å². The normalized spacial score (nSPS) is 14.4. The summed E-state index contributed by atoms with van der Waals surface area (Å²) in [5, 5.41) is 5.60. The number of benzene rings is 1. The number of pyridine rings is 1. The highest BCUT2D eigenvalue weighted by atomic mass is 19.1. The molecule has 1 aromatic heterocycles. The lowest BCUT2D eigenvalue weighted by molar-refractivity contribution is 0.0933. The van der Waals surface area contributed by atoms with E-state index in [1.165, 1.54) is 42.6 Å². The molecule has 0 unspecified atom stereocenters. The number of anilines is 1. The Labute approximate surface area is 139 Å². The summed E-state index contributed by atoms with van der Waals surface area (Å²) >= 11 is 0. The molecule has 0 aliphatic heterocycles. The number of carbonyl (C=O) groups excluding carboxylic acids is 2. The number of carbonyl (C=O) groups is 2. The predicted octanol–water partition coefficient (Wildman–Crippen LogP) is 3.15. The maximum absolute atomic E-state index is 12.9. The summed E-state index contributed by atoms with van der Waals surface area (Å²) in [5.41, 5.74) is 1.02. The first-order valence-electron chi connectivity index (χ1n) is 7.95.